The zero-order valence-corrected chi connectivity index (χ0v) is 17.2. The Bertz CT molecular complexity index is 904. The standard InChI is InChI=1S/C24H25NO6/c1-15(26)25-24-12-18(27)19-20(21(24)28-13-16-8-4-2-5-9-16)31-23(30-19)22(24)29-14-17-10-6-3-7-11-17/h2-11,19-23H,12-14H2,1H3,(H,25,26)/t19-,20+,21+,22+,23+,24+/m0/s1. The fourth-order valence-electron chi connectivity index (χ4n) is 4.91. The van der Waals surface area contributed by atoms with Gasteiger partial charge in [-0.15, -0.1) is 0 Å². The van der Waals surface area contributed by atoms with Gasteiger partial charge in [0.05, 0.1) is 13.2 Å². The van der Waals surface area contributed by atoms with Gasteiger partial charge in [-0.2, -0.15) is 0 Å². The van der Waals surface area contributed by atoms with Crippen LogP contribution < -0.4 is 5.32 Å². The van der Waals surface area contributed by atoms with E-state index in [1.807, 2.05) is 60.7 Å². The lowest BCUT2D eigenvalue weighted by atomic mass is 9.71. The van der Waals surface area contributed by atoms with Crippen LogP contribution >= 0.6 is 0 Å². The minimum absolute atomic E-state index is 0.0759. The number of amides is 1. The lowest BCUT2D eigenvalue weighted by Crippen LogP contribution is -2.75. The van der Waals surface area contributed by atoms with E-state index in [4.69, 9.17) is 18.9 Å². The topological polar surface area (TPSA) is 83.1 Å². The van der Waals surface area contributed by atoms with Crippen molar-refractivity contribution in [2.24, 2.45) is 0 Å². The van der Waals surface area contributed by atoms with E-state index in [9.17, 15) is 9.59 Å². The number of carbonyl (C=O) groups excluding carboxylic acids is 2. The zero-order valence-electron chi connectivity index (χ0n) is 17.2. The van der Waals surface area contributed by atoms with E-state index in [1.165, 1.54) is 6.92 Å². The zero-order chi connectivity index (χ0) is 21.4. The molecule has 7 heteroatoms. The molecule has 0 aromatic heterocycles. The van der Waals surface area contributed by atoms with Crippen LogP contribution in [0.5, 0.6) is 0 Å². The van der Waals surface area contributed by atoms with E-state index in [-0.39, 0.29) is 18.1 Å². The molecular formula is C24H25NO6. The fraction of sp³-hybridized carbons (Fsp3) is 0.417. The van der Waals surface area contributed by atoms with E-state index < -0.39 is 36.2 Å². The van der Waals surface area contributed by atoms with Gasteiger partial charge in [-0.1, -0.05) is 60.7 Å². The highest BCUT2D eigenvalue weighted by Gasteiger charge is 2.70. The van der Waals surface area contributed by atoms with E-state index in [0.717, 1.165) is 11.1 Å². The Hall–Kier alpha value is -2.58. The van der Waals surface area contributed by atoms with Crippen molar-refractivity contribution in [3.8, 4) is 0 Å². The van der Waals surface area contributed by atoms with Crippen molar-refractivity contribution in [1.29, 1.82) is 0 Å². The maximum Gasteiger partial charge on any atom is 0.217 e. The summed E-state index contributed by atoms with van der Waals surface area (Å²) < 4.78 is 24.6. The van der Waals surface area contributed by atoms with Gasteiger partial charge < -0.3 is 24.3 Å². The molecule has 2 heterocycles. The second kappa shape index (κ2) is 8.16. The van der Waals surface area contributed by atoms with Crippen LogP contribution in [0.3, 0.4) is 0 Å². The normalized spacial score (nSPS) is 33.5. The Morgan fingerprint density at radius 1 is 0.968 bits per heavy atom. The van der Waals surface area contributed by atoms with Crippen molar-refractivity contribution in [2.75, 3.05) is 0 Å². The second-order valence-corrected chi connectivity index (χ2v) is 8.32. The Kier molecular flexibility index (Phi) is 5.35. The van der Waals surface area contributed by atoms with Crippen molar-refractivity contribution in [2.45, 2.75) is 62.8 Å². The van der Waals surface area contributed by atoms with Crippen molar-refractivity contribution >= 4 is 11.7 Å². The summed E-state index contributed by atoms with van der Waals surface area (Å²) in [6.07, 6.45) is -3.24. The molecule has 1 saturated carbocycles. The molecule has 3 bridgehead atoms. The van der Waals surface area contributed by atoms with Crippen LogP contribution in [-0.2, 0) is 41.8 Å². The first kappa shape index (κ1) is 20.3. The summed E-state index contributed by atoms with van der Waals surface area (Å²) >= 11 is 0. The first-order valence-corrected chi connectivity index (χ1v) is 10.5. The fourth-order valence-corrected chi connectivity index (χ4v) is 4.91. The average molecular weight is 423 g/mol. The number of hydrogen-bond acceptors (Lipinski definition) is 6. The number of ether oxygens (including phenoxy) is 4. The number of benzene rings is 2. The van der Waals surface area contributed by atoms with Gasteiger partial charge in [0, 0.05) is 13.3 Å². The van der Waals surface area contributed by atoms with Crippen molar-refractivity contribution < 1.29 is 28.5 Å². The van der Waals surface area contributed by atoms with Crippen molar-refractivity contribution in [3.05, 3.63) is 71.8 Å². The third-order valence-corrected chi connectivity index (χ3v) is 6.17. The summed E-state index contributed by atoms with van der Waals surface area (Å²) in [5.74, 6) is -0.360. The summed E-state index contributed by atoms with van der Waals surface area (Å²) in [6, 6.07) is 19.5. The molecule has 7 nitrogen and oxygen atoms in total. The SMILES string of the molecule is CC(=O)N[C@]12CC(=O)[C@@H]3O[C@H](O[C@H]3[C@H]1OCc1ccccc1)[C@H]2OCc1ccccc1. The maximum atomic E-state index is 12.9. The highest BCUT2D eigenvalue weighted by Crippen LogP contribution is 2.48. The first-order chi connectivity index (χ1) is 15.1. The number of fused-ring (bicyclic) bond motifs is 2. The summed E-state index contributed by atoms with van der Waals surface area (Å²) in [7, 11) is 0. The molecule has 3 aliphatic rings. The first-order valence-electron chi connectivity index (χ1n) is 10.5. The number of hydrogen-bond donors (Lipinski definition) is 1. The molecule has 0 spiro atoms. The van der Waals surface area contributed by atoms with Crippen LogP contribution in [0.1, 0.15) is 24.5 Å². The van der Waals surface area contributed by atoms with Crippen LogP contribution in [0.25, 0.3) is 0 Å². The van der Waals surface area contributed by atoms with Gasteiger partial charge in [-0.05, 0) is 11.1 Å². The molecular weight excluding hydrogens is 398 g/mol. The summed E-state index contributed by atoms with van der Waals surface area (Å²) in [4.78, 5) is 25.1. The minimum atomic E-state index is -1.06. The number of carbonyl (C=O) groups is 2. The van der Waals surface area contributed by atoms with E-state index in [0.29, 0.717) is 13.2 Å². The van der Waals surface area contributed by atoms with Gasteiger partial charge in [0.25, 0.3) is 0 Å². The van der Waals surface area contributed by atoms with Crippen molar-refractivity contribution in [3.63, 3.8) is 0 Å². The van der Waals surface area contributed by atoms with Crippen LogP contribution in [0, 0.1) is 0 Å². The van der Waals surface area contributed by atoms with Gasteiger partial charge in [0.2, 0.25) is 5.91 Å². The maximum absolute atomic E-state index is 12.9. The molecule has 1 aliphatic carbocycles. The molecule has 1 amide bonds. The summed E-state index contributed by atoms with van der Waals surface area (Å²) in [5.41, 5.74) is 0.904. The highest BCUT2D eigenvalue weighted by atomic mass is 16.8. The van der Waals surface area contributed by atoms with E-state index in [2.05, 4.69) is 5.32 Å². The molecule has 1 N–H and O–H groups in total. The van der Waals surface area contributed by atoms with E-state index in [1.54, 1.807) is 0 Å². The third kappa shape index (κ3) is 3.68. The van der Waals surface area contributed by atoms with E-state index >= 15 is 0 Å². The van der Waals surface area contributed by atoms with Gasteiger partial charge in [-0.3, -0.25) is 9.59 Å². The molecule has 5 rings (SSSR count). The molecule has 162 valence electrons. The number of Topliss-reactive ketones (excluding diaryl/α,β-unsaturated/α-hetero) is 1. The Balaban J connectivity index is 1.46. The highest BCUT2D eigenvalue weighted by molar-refractivity contribution is 5.88. The molecule has 0 radical (unpaired) electrons. The van der Waals surface area contributed by atoms with Crippen LogP contribution in [-0.4, -0.2) is 47.9 Å². The molecule has 3 fully saturated rings. The molecule has 0 unspecified atom stereocenters. The van der Waals surface area contributed by atoms with Gasteiger partial charge in [0.1, 0.15) is 30.0 Å². The number of nitrogens with one attached hydrogen (secondary N) is 1. The van der Waals surface area contributed by atoms with Gasteiger partial charge in [0.15, 0.2) is 12.1 Å². The molecule has 6 atom stereocenters. The molecule has 2 aromatic rings. The Labute approximate surface area is 180 Å². The Morgan fingerprint density at radius 3 is 2.13 bits per heavy atom. The van der Waals surface area contributed by atoms with Gasteiger partial charge in [-0.25, -0.2) is 0 Å². The second-order valence-electron chi connectivity index (χ2n) is 8.32. The predicted molar refractivity (Wildman–Crippen MR) is 110 cm³/mol. The summed E-state index contributed by atoms with van der Waals surface area (Å²) in [5, 5.41) is 3.02. The number of ketones is 1. The summed E-state index contributed by atoms with van der Waals surface area (Å²) in [6.45, 7) is 2.06. The average Bonchev–Trinajstić information content (AvgIpc) is 3.12. The third-order valence-electron chi connectivity index (χ3n) is 6.17. The van der Waals surface area contributed by atoms with Crippen LogP contribution in [0.2, 0.25) is 0 Å². The smallest absolute Gasteiger partial charge is 0.217 e. The predicted octanol–water partition coefficient (Wildman–Crippen LogP) is 2.13. The quantitative estimate of drug-likeness (QED) is 0.735. The largest absolute Gasteiger partial charge is 0.368 e. The lowest BCUT2D eigenvalue weighted by molar-refractivity contribution is -0.252. The van der Waals surface area contributed by atoms with Crippen LogP contribution in [0.15, 0.2) is 60.7 Å². The lowest BCUT2D eigenvalue weighted by Gasteiger charge is -2.52. The van der Waals surface area contributed by atoms with Gasteiger partial charge >= 0.3 is 0 Å². The monoisotopic (exact) mass is 423 g/mol. The molecule has 2 aliphatic heterocycles. The molecule has 2 aromatic carbocycles. The number of rotatable bonds is 7. The minimum Gasteiger partial charge on any atom is -0.368 e. The molecule has 31 heavy (non-hydrogen) atoms. The van der Waals surface area contributed by atoms with Crippen LogP contribution in [0.4, 0.5) is 0 Å². The van der Waals surface area contributed by atoms with Crippen molar-refractivity contribution in [1.82, 2.24) is 5.32 Å². The Morgan fingerprint density at radius 2 is 1.55 bits per heavy atom. The molecule has 2 saturated heterocycles.